The van der Waals surface area contributed by atoms with Gasteiger partial charge < -0.3 is 9.84 Å². The molecule has 2 amide bonds. The number of carboxylic acids is 1. The normalized spacial score (nSPS) is 16.4. The molecule has 1 heterocycles. The van der Waals surface area contributed by atoms with E-state index in [1.165, 1.54) is 12.1 Å². The molecular formula is C14H13NO6. The van der Waals surface area contributed by atoms with Crippen molar-refractivity contribution in [2.45, 2.75) is 6.92 Å². The number of hydrogen-bond donors (Lipinski definition) is 1. The molecule has 0 fully saturated rings. The Bertz CT molecular complexity index is 618. The van der Waals surface area contributed by atoms with Gasteiger partial charge in [0.25, 0.3) is 11.8 Å². The van der Waals surface area contributed by atoms with E-state index >= 15 is 0 Å². The molecule has 110 valence electrons. The summed E-state index contributed by atoms with van der Waals surface area (Å²) in [5.74, 6) is -3.73. The number of rotatable bonds is 4. The van der Waals surface area contributed by atoms with Crippen molar-refractivity contribution in [1.29, 1.82) is 0 Å². The summed E-state index contributed by atoms with van der Waals surface area (Å²) < 4.78 is 4.47. The number of esters is 1. The van der Waals surface area contributed by atoms with E-state index in [0.717, 1.165) is 18.9 Å². The van der Waals surface area contributed by atoms with Crippen molar-refractivity contribution >= 4 is 23.8 Å². The van der Waals surface area contributed by atoms with Crippen LogP contribution >= 0.6 is 0 Å². The average molecular weight is 291 g/mol. The number of carboxylic acid groups (broad SMARTS) is 1. The number of carbonyl (C=O) groups excluding carboxylic acids is 3. The number of carbonyl (C=O) groups is 4. The number of aliphatic carboxylic acids is 1. The van der Waals surface area contributed by atoms with E-state index in [1.54, 1.807) is 12.1 Å². The summed E-state index contributed by atoms with van der Waals surface area (Å²) in [6.45, 7) is 0.534. The number of amides is 2. The van der Waals surface area contributed by atoms with Crippen LogP contribution < -0.4 is 0 Å². The van der Waals surface area contributed by atoms with Gasteiger partial charge in [0.05, 0.1) is 24.8 Å². The Hall–Kier alpha value is -2.70. The van der Waals surface area contributed by atoms with Crippen LogP contribution in [-0.2, 0) is 14.3 Å². The maximum absolute atomic E-state index is 12.2. The smallest absolute Gasteiger partial charge is 0.324 e. The summed E-state index contributed by atoms with van der Waals surface area (Å²) in [7, 11) is 1.05. The first kappa shape index (κ1) is 14.7. The Balaban J connectivity index is 2.37. The average Bonchev–Trinajstić information content (AvgIpc) is 2.71. The van der Waals surface area contributed by atoms with Crippen molar-refractivity contribution in [2.24, 2.45) is 5.41 Å². The molecule has 0 saturated heterocycles. The molecule has 21 heavy (non-hydrogen) atoms. The van der Waals surface area contributed by atoms with Crippen LogP contribution in [0.3, 0.4) is 0 Å². The number of benzene rings is 1. The number of nitrogens with zero attached hydrogens (tertiary/aromatic N) is 1. The van der Waals surface area contributed by atoms with Crippen LogP contribution in [-0.4, -0.2) is 47.4 Å². The molecule has 1 aliphatic heterocycles. The summed E-state index contributed by atoms with van der Waals surface area (Å²) in [6.07, 6.45) is 0. The van der Waals surface area contributed by atoms with Gasteiger partial charge in [-0.25, -0.2) is 0 Å². The van der Waals surface area contributed by atoms with Crippen molar-refractivity contribution in [1.82, 2.24) is 4.90 Å². The second-order valence-electron chi connectivity index (χ2n) is 4.87. The summed E-state index contributed by atoms with van der Waals surface area (Å²) in [6, 6.07) is 6.16. The lowest BCUT2D eigenvalue weighted by Gasteiger charge is -2.26. The monoisotopic (exact) mass is 291 g/mol. The lowest BCUT2D eigenvalue weighted by Crippen LogP contribution is -2.49. The van der Waals surface area contributed by atoms with E-state index in [2.05, 4.69) is 4.74 Å². The fraction of sp³-hybridized carbons (Fsp3) is 0.286. The largest absolute Gasteiger partial charge is 0.480 e. The van der Waals surface area contributed by atoms with Crippen LogP contribution in [0.1, 0.15) is 27.6 Å². The van der Waals surface area contributed by atoms with Crippen LogP contribution in [0.15, 0.2) is 24.3 Å². The minimum Gasteiger partial charge on any atom is -0.480 e. The van der Waals surface area contributed by atoms with E-state index in [-0.39, 0.29) is 11.1 Å². The fourth-order valence-corrected chi connectivity index (χ4v) is 2.14. The topological polar surface area (TPSA) is 101 Å². The first-order chi connectivity index (χ1) is 9.82. The molecule has 0 spiro atoms. The molecular weight excluding hydrogens is 278 g/mol. The molecule has 7 heteroatoms. The van der Waals surface area contributed by atoms with E-state index in [1.807, 2.05) is 0 Å². The van der Waals surface area contributed by atoms with Crippen molar-refractivity contribution in [2.75, 3.05) is 13.7 Å². The predicted molar refractivity (Wildman–Crippen MR) is 69.6 cm³/mol. The lowest BCUT2D eigenvalue weighted by atomic mass is 9.90. The first-order valence-corrected chi connectivity index (χ1v) is 6.10. The summed E-state index contributed by atoms with van der Waals surface area (Å²) >= 11 is 0. The Labute approximate surface area is 120 Å². The molecule has 1 N–H and O–H groups in total. The zero-order valence-electron chi connectivity index (χ0n) is 11.5. The summed E-state index contributed by atoms with van der Waals surface area (Å²) in [5.41, 5.74) is -1.62. The third-order valence-corrected chi connectivity index (χ3v) is 3.46. The second-order valence-corrected chi connectivity index (χ2v) is 4.87. The van der Waals surface area contributed by atoms with Gasteiger partial charge >= 0.3 is 11.9 Å². The van der Waals surface area contributed by atoms with E-state index in [4.69, 9.17) is 0 Å². The van der Waals surface area contributed by atoms with Gasteiger partial charge in [0.2, 0.25) is 0 Å². The van der Waals surface area contributed by atoms with Crippen molar-refractivity contribution in [3.8, 4) is 0 Å². The van der Waals surface area contributed by atoms with Gasteiger partial charge in [0, 0.05) is 0 Å². The molecule has 0 aliphatic carbocycles. The highest BCUT2D eigenvalue weighted by Gasteiger charge is 2.48. The molecule has 1 aromatic rings. The maximum Gasteiger partial charge on any atom is 0.324 e. The molecule has 0 saturated carbocycles. The quantitative estimate of drug-likeness (QED) is 0.494. The van der Waals surface area contributed by atoms with Crippen molar-refractivity contribution in [3.05, 3.63) is 35.4 Å². The third kappa shape index (κ3) is 2.16. The molecule has 1 aliphatic rings. The van der Waals surface area contributed by atoms with Gasteiger partial charge in [0.1, 0.15) is 0 Å². The van der Waals surface area contributed by atoms with Gasteiger partial charge in [-0.15, -0.1) is 0 Å². The maximum atomic E-state index is 12.2. The Morgan fingerprint density at radius 2 is 1.67 bits per heavy atom. The Morgan fingerprint density at radius 1 is 1.19 bits per heavy atom. The van der Waals surface area contributed by atoms with Gasteiger partial charge in [-0.1, -0.05) is 12.1 Å². The highest BCUT2D eigenvalue weighted by Crippen LogP contribution is 2.28. The molecule has 0 aromatic heterocycles. The number of imide groups is 1. The molecule has 1 atom stereocenters. The van der Waals surface area contributed by atoms with Crippen LogP contribution in [0.5, 0.6) is 0 Å². The summed E-state index contributed by atoms with van der Waals surface area (Å²) in [5, 5.41) is 9.23. The molecule has 7 nitrogen and oxygen atoms in total. The van der Waals surface area contributed by atoms with Gasteiger partial charge in [0.15, 0.2) is 5.41 Å². The zero-order chi connectivity index (χ0) is 15.8. The second kappa shape index (κ2) is 5.01. The zero-order valence-corrected chi connectivity index (χ0v) is 11.5. The minimum atomic E-state index is -2.01. The van der Waals surface area contributed by atoms with Crippen molar-refractivity contribution in [3.63, 3.8) is 0 Å². The molecule has 0 bridgehead atoms. The van der Waals surface area contributed by atoms with Gasteiger partial charge in [-0.05, 0) is 19.1 Å². The van der Waals surface area contributed by atoms with Gasteiger partial charge in [-0.3, -0.25) is 24.1 Å². The molecule has 1 unspecified atom stereocenters. The molecule has 2 rings (SSSR count). The molecule has 1 aromatic carbocycles. The number of hydrogen-bond acceptors (Lipinski definition) is 5. The van der Waals surface area contributed by atoms with Crippen LogP contribution in [0.2, 0.25) is 0 Å². The standard InChI is InChI=1S/C14H13NO6/c1-14(12(18)19,13(20)21-2)7-15-10(16)8-5-3-4-6-9(8)11(15)17/h3-6H,7H2,1-2H3,(H,18,19). The highest BCUT2D eigenvalue weighted by atomic mass is 16.5. The first-order valence-electron chi connectivity index (χ1n) is 6.10. The fourth-order valence-electron chi connectivity index (χ4n) is 2.14. The van der Waals surface area contributed by atoms with Gasteiger partial charge in [-0.2, -0.15) is 0 Å². The predicted octanol–water partition coefficient (Wildman–Crippen LogP) is 0.546. The SMILES string of the molecule is COC(=O)C(C)(CN1C(=O)c2ccccc2C1=O)C(=O)O. The van der Waals surface area contributed by atoms with Crippen LogP contribution in [0.25, 0.3) is 0 Å². The van der Waals surface area contributed by atoms with E-state index in [0.29, 0.717) is 0 Å². The van der Waals surface area contributed by atoms with E-state index < -0.39 is 35.7 Å². The highest BCUT2D eigenvalue weighted by molar-refractivity contribution is 6.21. The van der Waals surface area contributed by atoms with E-state index in [9.17, 15) is 24.3 Å². The third-order valence-electron chi connectivity index (χ3n) is 3.46. The number of fused-ring (bicyclic) bond motifs is 1. The Kier molecular flexibility index (Phi) is 3.51. The lowest BCUT2D eigenvalue weighted by molar-refractivity contribution is -0.165. The summed E-state index contributed by atoms with van der Waals surface area (Å²) in [4.78, 5) is 48.2. The molecule has 0 radical (unpaired) electrons. The minimum absolute atomic E-state index is 0.195. The number of ether oxygens (including phenoxy) is 1. The van der Waals surface area contributed by atoms with Crippen LogP contribution in [0, 0.1) is 5.41 Å². The van der Waals surface area contributed by atoms with Crippen molar-refractivity contribution < 1.29 is 29.0 Å². The van der Waals surface area contributed by atoms with Crippen LogP contribution in [0.4, 0.5) is 0 Å². The Morgan fingerprint density at radius 3 is 2.05 bits per heavy atom. The number of methoxy groups -OCH3 is 1.